The van der Waals surface area contributed by atoms with Crippen molar-refractivity contribution in [2.45, 2.75) is 31.4 Å². The Morgan fingerprint density at radius 1 is 1.28 bits per heavy atom. The van der Waals surface area contributed by atoms with Crippen LogP contribution in [0.15, 0.2) is 12.1 Å². The Balaban J connectivity index is 1.85. The summed E-state index contributed by atoms with van der Waals surface area (Å²) in [6.45, 7) is 2.63. The molecule has 2 heterocycles. The summed E-state index contributed by atoms with van der Waals surface area (Å²) in [5.74, 6) is 1.81. The number of methoxy groups -OCH3 is 2. The van der Waals surface area contributed by atoms with Crippen LogP contribution < -0.4 is 15.2 Å². The zero-order valence-corrected chi connectivity index (χ0v) is 15.2. The van der Waals surface area contributed by atoms with Crippen molar-refractivity contribution in [1.82, 2.24) is 4.90 Å². The zero-order chi connectivity index (χ0) is 17.8. The van der Waals surface area contributed by atoms with Crippen LogP contribution in [-0.2, 0) is 11.2 Å². The number of benzene rings is 1. The van der Waals surface area contributed by atoms with Crippen molar-refractivity contribution in [3.63, 3.8) is 0 Å². The molecule has 0 aromatic heterocycles. The minimum Gasteiger partial charge on any atom is -0.493 e. The van der Waals surface area contributed by atoms with Gasteiger partial charge in [-0.15, -0.1) is 0 Å². The first kappa shape index (κ1) is 18.4. The lowest BCUT2D eigenvalue weighted by Crippen LogP contribution is -2.50. The van der Waals surface area contributed by atoms with Gasteiger partial charge in [0.25, 0.3) is 0 Å². The minimum atomic E-state index is -0.370. The molecule has 3 rings (SSSR count). The molecule has 3 atom stereocenters. The number of alkyl halides is 1. The lowest BCUT2D eigenvalue weighted by Gasteiger charge is -2.46. The van der Waals surface area contributed by atoms with E-state index < -0.39 is 0 Å². The normalized spacial score (nSPS) is 26.0. The van der Waals surface area contributed by atoms with E-state index in [4.69, 9.17) is 19.9 Å². The Morgan fingerprint density at radius 2 is 2.12 bits per heavy atom. The average molecular weight is 351 g/mol. The molecule has 5 nitrogen and oxygen atoms in total. The number of ether oxygens (including phenoxy) is 3. The van der Waals surface area contributed by atoms with E-state index in [-0.39, 0.29) is 12.8 Å². The highest BCUT2D eigenvalue weighted by Gasteiger charge is 2.39. The third-order valence-electron chi connectivity index (χ3n) is 5.49. The molecular formula is C19H29FN2O3. The molecule has 0 saturated carbocycles. The van der Waals surface area contributed by atoms with Crippen LogP contribution in [0.25, 0.3) is 0 Å². The van der Waals surface area contributed by atoms with Crippen LogP contribution in [0.1, 0.15) is 30.0 Å². The Hall–Kier alpha value is -1.37. The van der Waals surface area contributed by atoms with E-state index in [1.807, 2.05) is 0 Å². The summed E-state index contributed by atoms with van der Waals surface area (Å²) < 4.78 is 29.3. The zero-order valence-electron chi connectivity index (χ0n) is 15.2. The highest BCUT2D eigenvalue weighted by Crippen LogP contribution is 2.43. The highest BCUT2D eigenvalue weighted by molar-refractivity contribution is 5.49. The van der Waals surface area contributed by atoms with Gasteiger partial charge in [0.1, 0.15) is 0 Å². The first-order chi connectivity index (χ1) is 12.2. The van der Waals surface area contributed by atoms with Crippen LogP contribution in [0.5, 0.6) is 11.5 Å². The summed E-state index contributed by atoms with van der Waals surface area (Å²) in [6, 6.07) is 4.48. The molecular weight excluding hydrogens is 322 g/mol. The SMILES string of the molecule is COc1cc2c(cc1OCCC[18F])CCN1C[C@@H](CN)[C@H](OC)C[C@H]21. The Bertz CT molecular complexity index is 584. The largest absolute Gasteiger partial charge is 0.493 e. The molecule has 140 valence electrons. The molecule has 0 radical (unpaired) electrons. The van der Waals surface area contributed by atoms with E-state index >= 15 is 0 Å². The van der Waals surface area contributed by atoms with E-state index in [0.717, 1.165) is 31.7 Å². The van der Waals surface area contributed by atoms with Crippen LogP contribution in [0.4, 0.5) is 4.39 Å². The van der Waals surface area contributed by atoms with Gasteiger partial charge in [-0.05, 0) is 42.6 Å². The van der Waals surface area contributed by atoms with Gasteiger partial charge in [-0.3, -0.25) is 9.29 Å². The van der Waals surface area contributed by atoms with Gasteiger partial charge in [0.05, 0.1) is 26.5 Å². The topological polar surface area (TPSA) is 57.0 Å². The van der Waals surface area contributed by atoms with Crippen molar-refractivity contribution in [1.29, 1.82) is 0 Å². The maximum atomic E-state index is 12.3. The number of piperidine rings is 1. The lowest BCUT2D eigenvalue weighted by molar-refractivity contribution is -0.0339. The van der Waals surface area contributed by atoms with Crippen molar-refractivity contribution in [2.75, 3.05) is 47.1 Å². The number of hydrogen-bond acceptors (Lipinski definition) is 5. The molecule has 0 aliphatic carbocycles. The van der Waals surface area contributed by atoms with Gasteiger partial charge in [0.2, 0.25) is 0 Å². The molecule has 2 aliphatic rings. The molecule has 0 spiro atoms. The summed E-state index contributed by atoms with van der Waals surface area (Å²) in [5.41, 5.74) is 8.52. The van der Waals surface area contributed by atoms with E-state index in [1.165, 1.54) is 11.1 Å². The Labute approximate surface area is 149 Å². The second-order valence-corrected chi connectivity index (χ2v) is 6.86. The summed E-state index contributed by atoms with van der Waals surface area (Å²) in [6.07, 6.45) is 2.50. The molecule has 1 fully saturated rings. The van der Waals surface area contributed by atoms with Crippen molar-refractivity contribution in [2.24, 2.45) is 11.7 Å². The summed E-state index contributed by atoms with van der Waals surface area (Å²) in [4.78, 5) is 2.51. The number of nitrogens with two attached hydrogens (primary N) is 1. The van der Waals surface area contributed by atoms with Crippen molar-refractivity contribution in [3.8, 4) is 11.5 Å². The number of fused-ring (bicyclic) bond motifs is 3. The lowest BCUT2D eigenvalue weighted by atomic mass is 9.81. The average Bonchev–Trinajstić information content (AvgIpc) is 2.66. The minimum absolute atomic E-state index is 0.184. The fraction of sp³-hybridized carbons (Fsp3) is 0.684. The molecule has 0 unspecified atom stereocenters. The molecule has 1 saturated heterocycles. The Morgan fingerprint density at radius 3 is 2.80 bits per heavy atom. The van der Waals surface area contributed by atoms with E-state index in [1.54, 1.807) is 14.2 Å². The van der Waals surface area contributed by atoms with Gasteiger partial charge < -0.3 is 19.9 Å². The second kappa shape index (κ2) is 8.34. The van der Waals surface area contributed by atoms with Gasteiger partial charge in [-0.2, -0.15) is 0 Å². The number of nitrogens with zero attached hydrogens (tertiary/aromatic N) is 1. The number of rotatable bonds is 7. The number of halogens is 1. The van der Waals surface area contributed by atoms with Gasteiger partial charge in [-0.1, -0.05) is 0 Å². The van der Waals surface area contributed by atoms with Crippen molar-refractivity contribution in [3.05, 3.63) is 23.3 Å². The first-order valence-corrected chi connectivity index (χ1v) is 9.08. The molecule has 25 heavy (non-hydrogen) atoms. The summed E-state index contributed by atoms with van der Waals surface area (Å²) in [7, 11) is 3.42. The van der Waals surface area contributed by atoms with Gasteiger partial charge in [0.15, 0.2) is 11.5 Å². The van der Waals surface area contributed by atoms with Gasteiger partial charge >= 0.3 is 0 Å². The molecule has 1 aromatic carbocycles. The quantitative estimate of drug-likeness (QED) is 0.764. The molecule has 2 N–H and O–H groups in total. The predicted molar refractivity (Wildman–Crippen MR) is 95.1 cm³/mol. The molecule has 0 bridgehead atoms. The summed E-state index contributed by atoms with van der Waals surface area (Å²) in [5, 5.41) is 0. The van der Waals surface area contributed by atoms with E-state index in [2.05, 4.69) is 17.0 Å². The van der Waals surface area contributed by atoms with Crippen molar-refractivity contribution >= 4 is 0 Å². The van der Waals surface area contributed by atoms with Crippen LogP contribution >= 0.6 is 0 Å². The fourth-order valence-corrected chi connectivity index (χ4v) is 4.11. The first-order valence-electron chi connectivity index (χ1n) is 9.08. The molecule has 0 amide bonds. The maximum absolute atomic E-state index is 12.3. The fourth-order valence-electron chi connectivity index (χ4n) is 4.11. The van der Waals surface area contributed by atoms with Gasteiger partial charge in [0, 0.05) is 38.6 Å². The van der Waals surface area contributed by atoms with Crippen LogP contribution in [-0.4, -0.2) is 58.1 Å². The van der Waals surface area contributed by atoms with Gasteiger partial charge in [-0.25, -0.2) is 0 Å². The molecule has 2 aliphatic heterocycles. The van der Waals surface area contributed by atoms with Crippen LogP contribution in [0.3, 0.4) is 0 Å². The number of hydrogen-bond donors (Lipinski definition) is 1. The predicted octanol–water partition coefficient (Wildman–Crippen LogP) is 2.33. The molecule has 1 aromatic rings. The standard InChI is InChI=1S/C19H29FN2O3/c1-23-17-10-16-15-9-18(24-2)19(25-7-3-5-20)8-13(15)4-6-22(16)12-14(17)11-21/h8-9,14,16-17H,3-7,10-12,21H2,1-2H3/t14-,16-,17-/m1/s1/i20-1. The third kappa shape index (κ3) is 3.76. The second-order valence-electron chi connectivity index (χ2n) is 6.86. The Kier molecular flexibility index (Phi) is 6.15. The van der Waals surface area contributed by atoms with Crippen LogP contribution in [0, 0.1) is 5.92 Å². The van der Waals surface area contributed by atoms with Crippen LogP contribution in [0.2, 0.25) is 0 Å². The van der Waals surface area contributed by atoms with Crippen molar-refractivity contribution < 1.29 is 18.6 Å². The van der Waals surface area contributed by atoms with E-state index in [9.17, 15) is 4.39 Å². The van der Waals surface area contributed by atoms with E-state index in [0.29, 0.717) is 37.3 Å². The smallest absolute Gasteiger partial charge is 0.161 e. The molecule has 6 heteroatoms. The maximum Gasteiger partial charge on any atom is 0.161 e. The highest BCUT2D eigenvalue weighted by atomic mass is 18.2. The third-order valence-corrected chi connectivity index (χ3v) is 5.49. The monoisotopic (exact) mass is 351 g/mol. The summed E-state index contributed by atoms with van der Waals surface area (Å²) >= 11 is 0.